The molecule has 12 heteroatoms. The van der Waals surface area contributed by atoms with Crippen LogP contribution < -0.4 is 33.2 Å². The number of rotatable bonds is 16. The summed E-state index contributed by atoms with van der Waals surface area (Å²) >= 11 is 0. The van der Waals surface area contributed by atoms with Crippen LogP contribution in [-0.4, -0.2) is 65.4 Å². The van der Waals surface area contributed by atoms with Crippen molar-refractivity contribution >= 4 is 29.6 Å². The fourth-order valence-electron chi connectivity index (χ4n) is 3.11. The summed E-state index contributed by atoms with van der Waals surface area (Å²) in [4.78, 5) is 60.6. The first-order valence-corrected chi connectivity index (χ1v) is 11.2. The molecule has 4 amide bonds. The molecule has 0 aliphatic carbocycles. The average molecular weight is 473 g/mol. The number of hydrogen-bond donors (Lipinski definition) is 7. The lowest BCUT2D eigenvalue weighted by Crippen LogP contribution is -2.58. The third-order valence-electron chi connectivity index (χ3n) is 4.91. The molecule has 12 nitrogen and oxygen atoms in total. The molecule has 0 aromatic carbocycles. The third-order valence-corrected chi connectivity index (χ3v) is 4.91. The minimum atomic E-state index is -1.53. The first kappa shape index (κ1) is 30.3. The molecule has 0 rings (SSSR count). The number of unbranched alkanes of at least 4 members (excludes halogenated alkanes) is 1. The van der Waals surface area contributed by atoms with Gasteiger partial charge in [0.2, 0.25) is 23.6 Å². The predicted molar refractivity (Wildman–Crippen MR) is 122 cm³/mol. The number of carbonyl (C=O) groups excluding carboxylic acids is 4. The fraction of sp³-hybridized carbons (Fsp3) is 0.762. The second-order valence-corrected chi connectivity index (χ2v) is 8.88. The summed E-state index contributed by atoms with van der Waals surface area (Å²) in [6.45, 7) is 7.69. The van der Waals surface area contributed by atoms with Gasteiger partial charge in [-0.05, 0) is 44.1 Å². The van der Waals surface area contributed by atoms with Gasteiger partial charge in [0.25, 0.3) is 0 Å². The Bertz CT molecular complexity index is 684. The molecule has 0 saturated carbocycles. The first-order valence-electron chi connectivity index (χ1n) is 11.2. The van der Waals surface area contributed by atoms with Gasteiger partial charge in [-0.15, -0.1) is 0 Å². The first-order chi connectivity index (χ1) is 15.3. The summed E-state index contributed by atoms with van der Waals surface area (Å²) in [5.74, 6) is -4.31. The summed E-state index contributed by atoms with van der Waals surface area (Å²) in [6, 6.07) is -4.37. The molecule has 0 heterocycles. The van der Waals surface area contributed by atoms with Gasteiger partial charge in [0.1, 0.15) is 18.1 Å². The number of aliphatic carboxylic acids is 1. The number of carboxylic acids is 1. The molecule has 0 aliphatic rings. The lowest BCUT2D eigenvalue weighted by Gasteiger charge is -2.27. The van der Waals surface area contributed by atoms with Crippen LogP contribution in [0.25, 0.3) is 0 Å². The van der Waals surface area contributed by atoms with Crippen molar-refractivity contribution in [1.82, 2.24) is 16.0 Å². The third kappa shape index (κ3) is 12.2. The SMILES string of the molecule is CC(C)CC(N)C(=O)NC(C(=O)NC(CCCCN)C(=O)NC(CC(N)=O)C(=O)O)C(C)C. The topological polar surface area (TPSA) is 220 Å². The van der Waals surface area contributed by atoms with Gasteiger partial charge in [-0.3, -0.25) is 19.2 Å². The van der Waals surface area contributed by atoms with Crippen LogP contribution in [0.15, 0.2) is 0 Å². The van der Waals surface area contributed by atoms with Crippen LogP contribution in [0, 0.1) is 11.8 Å². The lowest BCUT2D eigenvalue weighted by molar-refractivity contribution is -0.143. The van der Waals surface area contributed by atoms with Crippen molar-refractivity contribution in [3.05, 3.63) is 0 Å². The molecule has 10 N–H and O–H groups in total. The second-order valence-electron chi connectivity index (χ2n) is 8.88. The molecular weight excluding hydrogens is 432 g/mol. The van der Waals surface area contributed by atoms with Crippen LogP contribution in [0.3, 0.4) is 0 Å². The van der Waals surface area contributed by atoms with Gasteiger partial charge in [0.05, 0.1) is 12.5 Å². The van der Waals surface area contributed by atoms with Gasteiger partial charge in [-0.25, -0.2) is 4.79 Å². The van der Waals surface area contributed by atoms with E-state index in [4.69, 9.17) is 17.2 Å². The predicted octanol–water partition coefficient (Wildman–Crippen LogP) is -1.44. The van der Waals surface area contributed by atoms with E-state index < -0.39 is 60.2 Å². The summed E-state index contributed by atoms with van der Waals surface area (Å²) in [5, 5.41) is 16.7. The Morgan fingerprint density at radius 1 is 0.848 bits per heavy atom. The van der Waals surface area contributed by atoms with E-state index in [1.165, 1.54) is 0 Å². The number of carboxylic acid groups (broad SMARTS) is 1. The van der Waals surface area contributed by atoms with Crippen LogP contribution in [0.4, 0.5) is 0 Å². The van der Waals surface area contributed by atoms with Crippen LogP contribution in [0.2, 0.25) is 0 Å². The number of primary amides is 1. The van der Waals surface area contributed by atoms with Crippen molar-refractivity contribution in [3.8, 4) is 0 Å². The van der Waals surface area contributed by atoms with Gasteiger partial charge in [-0.2, -0.15) is 0 Å². The van der Waals surface area contributed by atoms with Gasteiger partial charge in [-0.1, -0.05) is 27.7 Å². The van der Waals surface area contributed by atoms with Crippen molar-refractivity contribution in [2.24, 2.45) is 29.0 Å². The summed E-state index contributed by atoms with van der Waals surface area (Å²) in [7, 11) is 0. The van der Waals surface area contributed by atoms with Crippen LogP contribution in [-0.2, 0) is 24.0 Å². The molecule has 0 bridgehead atoms. The highest BCUT2D eigenvalue weighted by Gasteiger charge is 2.32. The number of carbonyl (C=O) groups is 5. The molecule has 33 heavy (non-hydrogen) atoms. The summed E-state index contributed by atoms with van der Waals surface area (Å²) in [5.41, 5.74) is 16.5. The Morgan fingerprint density at radius 3 is 1.88 bits per heavy atom. The molecule has 190 valence electrons. The number of hydrogen-bond acceptors (Lipinski definition) is 7. The molecule has 0 spiro atoms. The molecule has 0 aliphatic heterocycles. The van der Waals surface area contributed by atoms with Crippen molar-refractivity contribution in [2.75, 3.05) is 6.54 Å². The molecular formula is C21H40N6O6. The Balaban J connectivity index is 5.45. The molecule has 0 saturated heterocycles. The highest BCUT2D eigenvalue weighted by molar-refractivity contribution is 5.95. The fourth-order valence-corrected chi connectivity index (χ4v) is 3.11. The van der Waals surface area contributed by atoms with Crippen molar-refractivity contribution in [3.63, 3.8) is 0 Å². The summed E-state index contributed by atoms with van der Waals surface area (Å²) in [6.07, 6.45) is 1.10. The molecule has 4 unspecified atom stereocenters. The van der Waals surface area contributed by atoms with E-state index in [2.05, 4.69) is 16.0 Å². The Hall–Kier alpha value is -2.73. The van der Waals surface area contributed by atoms with Gasteiger partial charge < -0.3 is 38.3 Å². The normalized spacial score (nSPS) is 14.8. The molecule has 0 radical (unpaired) electrons. The maximum absolute atomic E-state index is 12.9. The van der Waals surface area contributed by atoms with E-state index in [-0.39, 0.29) is 18.3 Å². The van der Waals surface area contributed by atoms with E-state index >= 15 is 0 Å². The Morgan fingerprint density at radius 2 is 1.42 bits per heavy atom. The maximum Gasteiger partial charge on any atom is 0.326 e. The monoisotopic (exact) mass is 472 g/mol. The van der Waals surface area contributed by atoms with Gasteiger partial charge in [0.15, 0.2) is 0 Å². The van der Waals surface area contributed by atoms with E-state index in [0.29, 0.717) is 25.8 Å². The average Bonchev–Trinajstić information content (AvgIpc) is 2.69. The second kappa shape index (κ2) is 15.2. The van der Waals surface area contributed by atoms with Crippen molar-refractivity contribution < 1.29 is 29.1 Å². The Labute approximate surface area is 194 Å². The van der Waals surface area contributed by atoms with Crippen LogP contribution in [0.1, 0.15) is 59.8 Å². The maximum atomic E-state index is 12.9. The zero-order valence-corrected chi connectivity index (χ0v) is 19.9. The van der Waals surface area contributed by atoms with E-state index in [9.17, 15) is 29.1 Å². The van der Waals surface area contributed by atoms with Gasteiger partial charge >= 0.3 is 5.97 Å². The zero-order chi connectivity index (χ0) is 25.7. The van der Waals surface area contributed by atoms with Crippen LogP contribution >= 0.6 is 0 Å². The minimum absolute atomic E-state index is 0.184. The van der Waals surface area contributed by atoms with E-state index in [0.717, 1.165) is 0 Å². The molecule has 0 aromatic heterocycles. The van der Waals surface area contributed by atoms with Crippen molar-refractivity contribution in [2.45, 2.75) is 84.0 Å². The summed E-state index contributed by atoms with van der Waals surface area (Å²) < 4.78 is 0. The highest BCUT2D eigenvalue weighted by atomic mass is 16.4. The standard InChI is InChI=1S/C21H40N6O6/c1-11(2)9-13(23)18(29)27-17(12(3)4)20(31)25-14(7-5-6-8-22)19(30)26-15(21(32)33)10-16(24)28/h11-15,17H,5-10,22-23H2,1-4H3,(H2,24,28)(H,25,31)(H,26,30)(H,27,29)(H,32,33). The smallest absolute Gasteiger partial charge is 0.326 e. The van der Waals surface area contributed by atoms with Gasteiger partial charge in [0, 0.05) is 0 Å². The zero-order valence-electron chi connectivity index (χ0n) is 19.9. The molecule has 4 atom stereocenters. The largest absolute Gasteiger partial charge is 0.480 e. The van der Waals surface area contributed by atoms with Crippen molar-refractivity contribution in [1.29, 1.82) is 0 Å². The highest BCUT2D eigenvalue weighted by Crippen LogP contribution is 2.09. The van der Waals surface area contributed by atoms with Crippen LogP contribution in [0.5, 0.6) is 0 Å². The number of nitrogens with two attached hydrogens (primary N) is 3. The number of nitrogens with one attached hydrogen (secondary N) is 3. The molecule has 0 aromatic rings. The quantitative estimate of drug-likeness (QED) is 0.131. The lowest BCUT2D eigenvalue weighted by atomic mass is 9.99. The molecule has 0 fully saturated rings. The minimum Gasteiger partial charge on any atom is -0.480 e. The number of amides is 4. The van der Waals surface area contributed by atoms with E-state index in [1.807, 2.05) is 13.8 Å². The Kier molecular flexibility index (Phi) is 13.9. The van der Waals surface area contributed by atoms with E-state index in [1.54, 1.807) is 13.8 Å².